The Hall–Kier alpha value is -2.18. The number of fused-ring (bicyclic) bond motifs is 1. The fourth-order valence-electron chi connectivity index (χ4n) is 2.44. The Labute approximate surface area is 123 Å². The molecule has 0 spiro atoms. The van der Waals surface area contributed by atoms with Crippen LogP contribution in [0.15, 0.2) is 18.2 Å². The number of rotatable bonds is 6. The minimum Gasteiger partial charge on any atom is -0.496 e. The average Bonchev–Trinajstić information content (AvgIpc) is 2.53. The number of hydroxylamine groups is 1. The number of hydrogen-bond donors (Lipinski definition) is 2. The maximum absolute atomic E-state index is 9.00. The second-order valence-corrected chi connectivity index (χ2v) is 4.33. The van der Waals surface area contributed by atoms with Gasteiger partial charge in [-0.05, 0) is 18.2 Å². The topological polar surface area (TPSA) is 69.2 Å². The zero-order chi connectivity index (χ0) is 15.4. The Kier molecular flexibility index (Phi) is 4.72. The summed E-state index contributed by atoms with van der Waals surface area (Å²) in [6.07, 6.45) is 0. The van der Waals surface area contributed by atoms with Gasteiger partial charge in [0.05, 0.1) is 39.2 Å². The van der Waals surface area contributed by atoms with Crippen LogP contribution in [0.5, 0.6) is 23.0 Å². The normalized spacial score (nSPS) is 10.5. The zero-order valence-corrected chi connectivity index (χ0v) is 12.5. The van der Waals surface area contributed by atoms with Gasteiger partial charge >= 0.3 is 0 Å². The smallest absolute Gasteiger partial charge is 0.135 e. The van der Waals surface area contributed by atoms with Crippen molar-refractivity contribution in [2.45, 2.75) is 6.54 Å². The molecule has 114 valence electrons. The third-order valence-corrected chi connectivity index (χ3v) is 3.33. The summed E-state index contributed by atoms with van der Waals surface area (Å²) < 4.78 is 21.8. The summed E-state index contributed by atoms with van der Waals surface area (Å²) >= 11 is 0. The third kappa shape index (κ3) is 2.55. The molecule has 0 fully saturated rings. The van der Waals surface area contributed by atoms with E-state index in [9.17, 15) is 0 Å². The average molecular weight is 293 g/mol. The van der Waals surface area contributed by atoms with Crippen molar-refractivity contribution in [1.82, 2.24) is 5.48 Å². The predicted molar refractivity (Wildman–Crippen MR) is 78.8 cm³/mol. The van der Waals surface area contributed by atoms with Crippen molar-refractivity contribution in [2.24, 2.45) is 0 Å². The van der Waals surface area contributed by atoms with Crippen LogP contribution in [0.3, 0.4) is 0 Å². The van der Waals surface area contributed by atoms with Crippen molar-refractivity contribution in [1.29, 1.82) is 0 Å². The molecule has 0 aliphatic rings. The Morgan fingerprint density at radius 1 is 0.857 bits per heavy atom. The van der Waals surface area contributed by atoms with Gasteiger partial charge < -0.3 is 24.2 Å². The fraction of sp³-hybridized carbons (Fsp3) is 0.333. The van der Waals surface area contributed by atoms with Crippen LogP contribution in [-0.4, -0.2) is 33.6 Å². The van der Waals surface area contributed by atoms with Crippen LogP contribution in [0.2, 0.25) is 0 Å². The highest BCUT2D eigenvalue weighted by Crippen LogP contribution is 2.46. The highest BCUT2D eigenvalue weighted by atomic mass is 16.5. The van der Waals surface area contributed by atoms with E-state index in [4.69, 9.17) is 24.2 Å². The molecule has 2 aromatic carbocycles. The van der Waals surface area contributed by atoms with Gasteiger partial charge in [-0.2, -0.15) is 0 Å². The van der Waals surface area contributed by atoms with Crippen LogP contribution in [-0.2, 0) is 6.54 Å². The van der Waals surface area contributed by atoms with Gasteiger partial charge in [0.2, 0.25) is 0 Å². The van der Waals surface area contributed by atoms with Gasteiger partial charge in [-0.15, -0.1) is 0 Å². The molecule has 0 aliphatic carbocycles. The molecular weight excluding hydrogens is 274 g/mol. The van der Waals surface area contributed by atoms with Gasteiger partial charge in [0.25, 0.3) is 0 Å². The standard InChI is InChI=1S/C15H19NO5/c1-18-10-5-6-11(19-2)14-13(10)12(20-3)7-9(8-16-17)15(14)21-4/h5-7,16-17H,8H2,1-4H3. The summed E-state index contributed by atoms with van der Waals surface area (Å²) in [7, 11) is 6.33. The number of hydrogen-bond acceptors (Lipinski definition) is 6. The van der Waals surface area contributed by atoms with E-state index in [1.54, 1.807) is 40.6 Å². The van der Waals surface area contributed by atoms with Gasteiger partial charge in [0.15, 0.2) is 0 Å². The molecular formula is C15H19NO5. The molecule has 0 radical (unpaired) electrons. The van der Waals surface area contributed by atoms with Gasteiger partial charge in [-0.3, -0.25) is 0 Å². The van der Waals surface area contributed by atoms with Crippen LogP contribution >= 0.6 is 0 Å². The molecule has 0 saturated heterocycles. The first-order chi connectivity index (χ1) is 10.2. The van der Waals surface area contributed by atoms with Crippen LogP contribution in [0, 0.1) is 0 Å². The van der Waals surface area contributed by atoms with E-state index < -0.39 is 0 Å². The molecule has 0 unspecified atom stereocenters. The Balaban J connectivity index is 2.94. The quantitative estimate of drug-likeness (QED) is 0.797. The van der Waals surface area contributed by atoms with Gasteiger partial charge in [0, 0.05) is 12.1 Å². The lowest BCUT2D eigenvalue weighted by molar-refractivity contribution is 0.160. The first-order valence-electron chi connectivity index (χ1n) is 6.37. The van der Waals surface area contributed by atoms with E-state index in [2.05, 4.69) is 5.48 Å². The van der Waals surface area contributed by atoms with E-state index in [1.807, 2.05) is 6.07 Å². The van der Waals surface area contributed by atoms with Crippen molar-refractivity contribution in [2.75, 3.05) is 28.4 Å². The largest absolute Gasteiger partial charge is 0.496 e. The van der Waals surface area contributed by atoms with E-state index in [0.29, 0.717) is 23.0 Å². The SMILES string of the molecule is COc1ccc(OC)c2c(OC)c(CNO)cc(OC)c12. The minimum atomic E-state index is 0.218. The molecule has 2 N–H and O–H groups in total. The third-order valence-electron chi connectivity index (χ3n) is 3.33. The Morgan fingerprint density at radius 2 is 1.43 bits per heavy atom. The van der Waals surface area contributed by atoms with Crippen molar-refractivity contribution in [3.63, 3.8) is 0 Å². The van der Waals surface area contributed by atoms with E-state index >= 15 is 0 Å². The molecule has 0 atom stereocenters. The molecule has 0 aromatic heterocycles. The second-order valence-electron chi connectivity index (χ2n) is 4.33. The first-order valence-corrected chi connectivity index (χ1v) is 6.37. The Morgan fingerprint density at radius 3 is 1.90 bits per heavy atom. The summed E-state index contributed by atoms with van der Waals surface area (Å²) in [4.78, 5) is 0. The molecule has 0 bridgehead atoms. The molecule has 2 aromatic rings. The van der Waals surface area contributed by atoms with Crippen LogP contribution in [0.1, 0.15) is 5.56 Å². The lowest BCUT2D eigenvalue weighted by Gasteiger charge is -2.18. The van der Waals surface area contributed by atoms with Crippen molar-refractivity contribution in [3.8, 4) is 23.0 Å². The molecule has 21 heavy (non-hydrogen) atoms. The lowest BCUT2D eigenvalue weighted by Crippen LogP contribution is -2.08. The van der Waals surface area contributed by atoms with Crippen LogP contribution in [0.25, 0.3) is 10.8 Å². The Bertz CT molecular complexity index is 642. The molecule has 0 saturated carbocycles. The van der Waals surface area contributed by atoms with Crippen molar-refractivity contribution < 1.29 is 24.2 Å². The van der Waals surface area contributed by atoms with Crippen LogP contribution < -0.4 is 24.4 Å². The van der Waals surface area contributed by atoms with Crippen molar-refractivity contribution >= 4 is 10.8 Å². The van der Waals surface area contributed by atoms with E-state index in [1.165, 1.54) is 0 Å². The van der Waals surface area contributed by atoms with Gasteiger partial charge in [0.1, 0.15) is 23.0 Å². The highest BCUT2D eigenvalue weighted by molar-refractivity contribution is 6.03. The number of benzene rings is 2. The van der Waals surface area contributed by atoms with E-state index in [0.717, 1.165) is 16.3 Å². The molecule has 6 nitrogen and oxygen atoms in total. The molecule has 0 heterocycles. The summed E-state index contributed by atoms with van der Waals surface area (Å²) in [5, 5.41) is 10.5. The van der Waals surface area contributed by atoms with E-state index in [-0.39, 0.29) is 6.54 Å². The number of methoxy groups -OCH3 is 4. The summed E-state index contributed by atoms with van der Waals surface area (Å²) in [6.45, 7) is 0.218. The monoisotopic (exact) mass is 293 g/mol. The minimum absolute atomic E-state index is 0.218. The van der Waals surface area contributed by atoms with Gasteiger partial charge in [-0.25, -0.2) is 5.48 Å². The maximum Gasteiger partial charge on any atom is 0.135 e. The summed E-state index contributed by atoms with van der Waals surface area (Å²) in [6, 6.07) is 5.42. The van der Waals surface area contributed by atoms with Crippen LogP contribution in [0.4, 0.5) is 0 Å². The summed E-state index contributed by atoms with van der Waals surface area (Å²) in [5.74, 6) is 2.51. The number of ether oxygens (including phenoxy) is 4. The second kappa shape index (κ2) is 6.51. The van der Waals surface area contributed by atoms with Gasteiger partial charge in [-0.1, -0.05) is 0 Å². The fourth-order valence-corrected chi connectivity index (χ4v) is 2.44. The number of nitrogens with one attached hydrogen (secondary N) is 1. The first kappa shape index (κ1) is 15.2. The maximum atomic E-state index is 9.00. The van der Waals surface area contributed by atoms with Crippen molar-refractivity contribution in [3.05, 3.63) is 23.8 Å². The zero-order valence-electron chi connectivity index (χ0n) is 12.5. The summed E-state index contributed by atoms with van der Waals surface area (Å²) in [5.41, 5.74) is 2.88. The molecule has 0 aliphatic heterocycles. The molecule has 6 heteroatoms. The molecule has 2 rings (SSSR count). The highest BCUT2D eigenvalue weighted by Gasteiger charge is 2.20. The lowest BCUT2D eigenvalue weighted by atomic mass is 10.0. The predicted octanol–water partition coefficient (Wildman–Crippen LogP) is 2.35. The molecule has 0 amide bonds.